The number of carbonyl (C=O) groups excluding carboxylic acids is 1. The number of aliphatic hydroxyl groups is 1. The van der Waals surface area contributed by atoms with Crippen LogP contribution in [0.3, 0.4) is 0 Å². The highest BCUT2D eigenvalue weighted by Crippen LogP contribution is 2.24. The summed E-state index contributed by atoms with van der Waals surface area (Å²) in [6, 6.07) is 0.170. The van der Waals surface area contributed by atoms with Gasteiger partial charge < -0.3 is 14.6 Å². The highest BCUT2D eigenvalue weighted by Gasteiger charge is 2.34. The van der Waals surface area contributed by atoms with Gasteiger partial charge in [-0.2, -0.15) is 0 Å². The molecule has 0 aromatic carbocycles. The molecule has 3 atom stereocenters. The van der Waals surface area contributed by atoms with Crippen LogP contribution in [0.2, 0.25) is 0 Å². The number of ether oxygens (including phenoxy) is 2. The predicted molar refractivity (Wildman–Crippen MR) is 66.2 cm³/mol. The molecule has 0 radical (unpaired) electrons. The Morgan fingerprint density at radius 3 is 2.89 bits per heavy atom. The van der Waals surface area contributed by atoms with Crippen LogP contribution in [-0.2, 0) is 14.3 Å². The fraction of sp³-hybridized carbons (Fsp3) is 0.923. The van der Waals surface area contributed by atoms with Gasteiger partial charge in [0.15, 0.2) is 6.10 Å². The first-order valence-corrected chi connectivity index (χ1v) is 6.84. The van der Waals surface area contributed by atoms with E-state index in [9.17, 15) is 9.90 Å². The maximum absolute atomic E-state index is 11.5. The van der Waals surface area contributed by atoms with E-state index < -0.39 is 6.10 Å². The Morgan fingerprint density at radius 2 is 2.11 bits per heavy atom. The summed E-state index contributed by atoms with van der Waals surface area (Å²) in [5.74, 6) is -0.317. The second-order valence-corrected chi connectivity index (χ2v) is 5.15. The standard InChI is InChI=1S/C13H23NO4/c1-17-13(16)12-9-14(7-8-18-12)10-5-3-2-4-6-11(10)15/h10-12,15H,2-9H2,1H3. The summed E-state index contributed by atoms with van der Waals surface area (Å²) >= 11 is 0. The summed E-state index contributed by atoms with van der Waals surface area (Å²) in [5.41, 5.74) is 0. The fourth-order valence-corrected chi connectivity index (χ4v) is 2.94. The molecule has 1 heterocycles. The second-order valence-electron chi connectivity index (χ2n) is 5.15. The lowest BCUT2D eigenvalue weighted by Gasteiger charge is -2.38. The van der Waals surface area contributed by atoms with Crippen LogP contribution in [0.15, 0.2) is 0 Å². The van der Waals surface area contributed by atoms with Gasteiger partial charge in [0.2, 0.25) is 0 Å². The van der Waals surface area contributed by atoms with Crippen molar-refractivity contribution in [2.45, 2.75) is 50.4 Å². The summed E-state index contributed by atoms with van der Waals surface area (Å²) in [5, 5.41) is 10.2. The number of nitrogens with zero attached hydrogens (tertiary/aromatic N) is 1. The zero-order valence-electron chi connectivity index (χ0n) is 11.0. The predicted octanol–water partition coefficient (Wildman–Crippen LogP) is 0.554. The molecule has 0 aromatic rings. The quantitative estimate of drug-likeness (QED) is 0.578. The van der Waals surface area contributed by atoms with Gasteiger partial charge >= 0.3 is 5.97 Å². The van der Waals surface area contributed by atoms with Gasteiger partial charge in [-0.05, 0) is 12.8 Å². The molecule has 2 aliphatic rings. The van der Waals surface area contributed by atoms with Crippen LogP contribution in [0.1, 0.15) is 32.1 Å². The van der Waals surface area contributed by atoms with Crippen molar-refractivity contribution < 1.29 is 19.4 Å². The molecular weight excluding hydrogens is 234 g/mol. The van der Waals surface area contributed by atoms with Gasteiger partial charge in [0.25, 0.3) is 0 Å². The topological polar surface area (TPSA) is 59.0 Å². The molecule has 104 valence electrons. The summed E-state index contributed by atoms with van der Waals surface area (Å²) < 4.78 is 10.1. The smallest absolute Gasteiger partial charge is 0.336 e. The fourth-order valence-electron chi connectivity index (χ4n) is 2.94. The number of rotatable bonds is 2. The maximum Gasteiger partial charge on any atom is 0.336 e. The van der Waals surface area contributed by atoms with E-state index in [1.165, 1.54) is 13.5 Å². The van der Waals surface area contributed by atoms with Crippen LogP contribution >= 0.6 is 0 Å². The highest BCUT2D eigenvalue weighted by atomic mass is 16.6. The number of esters is 1. The summed E-state index contributed by atoms with van der Waals surface area (Å²) in [6.07, 6.45) is 4.55. The minimum Gasteiger partial charge on any atom is -0.467 e. The molecule has 5 nitrogen and oxygen atoms in total. The van der Waals surface area contributed by atoms with E-state index in [0.717, 1.165) is 32.2 Å². The molecule has 0 spiro atoms. The summed E-state index contributed by atoms with van der Waals surface area (Å²) in [7, 11) is 1.38. The Bertz CT molecular complexity index is 284. The van der Waals surface area contributed by atoms with Crippen LogP contribution in [0.25, 0.3) is 0 Å². The number of methoxy groups -OCH3 is 1. The average molecular weight is 257 g/mol. The van der Waals surface area contributed by atoms with E-state index >= 15 is 0 Å². The highest BCUT2D eigenvalue weighted by molar-refractivity contribution is 5.74. The third kappa shape index (κ3) is 3.22. The first-order chi connectivity index (χ1) is 8.72. The average Bonchev–Trinajstić information content (AvgIpc) is 2.62. The molecule has 1 aliphatic carbocycles. The minimum absolute atomic E-state index is 0.170. The molecule has 3 unspecified atom stereocenters. The maximum atomic E-state index is 11.5. The van der Waals surface area contributed by atoms with E-state index in [1.54, 1.807) is 0 Å². The Hall–Kier alpha value is -0.650. The second kappa shape index (κ2) is 6.50. The first kappa shape index (κ1) is 13.8. The summed E-state index contributed by atoms with van der Waals surface area (Å²) in [6.45, 7) is 1.85. The molecule has 2 fully saturated rings. The van der Waals surface area contributed by atoms with E-state index in [1.807, 2.05) is 0 Å². The zero-order valence-corrected chi connectivity index (χ0v) is 11.0. The number of aliphatic hydroxyl groups excluding tert-OH is 1. The van der Waals surface area contributed by atoms with Crippen molar-refractivity contribution in [3.05, 3.63) is 0 Å². The largest absolute Gasteiger partial charge is 0.467 e. The van der Waals surface area contributed by atoms with Crippen LogP contribution in [-0.4, -0.2) is 61.0 Å². The first-order valence-electron chi connectivity index (χ1n) is 6.84. The Kier molecular flexibility index (Phi) is 4.97. The number of carbonyl (C=O) groups is 1. The monoisotopic (exact) mass is 257 g/mol. The van der Waals surface area contributed by atoms with Crippen molar-refractivity contribution in [2.75, 3.05) is 26.8 Å². The SMILES string of the molecule is COC(=O)C1CN(C2CCCCCC2O)CCO1. The van der Waals surface area contributed by atoms with Gasteiger partial charge in [-0.3, -0.25) is 4.90 Å². The van der Waals surface area contributed by atoms with Crippen molar-refractivity contribution in [1.82, 2.24) is 4.90 Å². The number of morpholine rings is 1. The minimum atomic E-state index is -0.501. The molecule has 18 heavy (non-hydrogen) atoms. The van der Waals surface area contributed by atoms with Crippen molar-refractivity contribution in [1.29, 1.82) is 0 Å². The van der Waals surface area contributed by atoms with Crippen LogP contribution in [0.4, 0.5) is 0 Å². The molecular formula is C13H23NO4. The lowest BCUT2D eigenvalue weighted by molar-refractivity contribution is -0.162. The Labute approximate surface area is 108 Å². The Morgan fingerprint density at radius 1 is 1.33 bits per heavy atom. The molecule has 1 N–H and O–H groups in total. The van der Waals surface area contributed by atoms with E-state index in [2.05, 4.69) is 4.90 Å². The van der Waals surface area contributed by atoms with Crippen molar-refractivity contribution in [3.63, 3.8) is 0 Å². The van der Waals surface area contributed by atoms with Gasteiger partial charge in [0, 0.05) is 19.1 Å². The lowest BCUT2D eigenvalue weighted by Crippen LogP contribution is -2.53. The van der Waals surface area contributed by atoms with E-state index in [0.29, 0.717) is 13.2 Å². The third-order valence-electron chi connectivity index (χ3n) is 3.97. The molecule has 0 aromatic heterocycles. The normalized spacial score (nSPS) is 34.9. The molecule has 1 saturated heterocycles. The van der Waals surface area contributed by atoms with Crippen molar-refractivity contribution in [3.8, 4) is 0 Å². The third-order valence-corrected chi connectivity index (χ3v) is 3.97. The molecule has 0 amide bonds. The van der Waals surface area contributed by atoms with E-state index in [4.69, 9.17) is 9.47 Å². The van der Waals surface area contributed by atoms with Crippen molar-refractivity contribution in [2.24, 2.45) is 0 Å². The lowest BCUT2D eigenvalue weighted by atomic mass is 10.0. The summed E-state index contributed by atoms with van der Waals surface area (Å²) in [4.78, 5) is 13.7. The van der Waals surface area contributed by atoms with Gasteiger partial charge in [-0.1, -0.05) is 19.3 Å². The zero-order chi connectivity index (χ0) is 13.0. The van der Waals surface area contributed by atoms with Crippen LogP contribution < -0.4 is 0 Å². The molecule has 1 aliphatic heterocycles. The Balaban J connectivity index is 1.96. The number of hydrogen-bond donors (Lipinski definition) is 1. The van der Waals surface area contributed by atoms with Crippen LogP contribution in [0.5, 0.6) is 0 Å². The van der Waals surface area contributed by atoms with E-state index in [-0.39, 0.29) is 18.1 Å². The molecule has 2 rings (SSSR count). The van der Waals surface area contributed by atoms with Gasteiger partial charge in [0.1, 0.15) is 0 Å². The number of hydrogen-bond acceptors (Lipinski definition) is 5. The van der Waals surface area contributed by atoms with Gasteiger partial charge in [0.05, 0.1) is 19.8 Å². The van der Waals surface area contributed by atoms with Crippen LogP contribution in [0, 0.1) is 0 Å². The van der Waals surface area contributed by atoms with Crippen molar-refractivity contribution >= 4 is 5.97 Å². The molecule has 5 heteroatoms. The van der Waals surface area contributed by atoms with Gasteiger partial charge in [-0.15, -0.1) is 0 Å². The molecule has 0 bridgehead atoms. The van der Waals surface area contributed by atoms with Gasteiger partial charge in [-0.25, -0.2) is 4.79 Å². The molecule has 1 saturated carbocycles.